The standard InChI is InChI=1S/C19H28N2O3/c1-4-6-8-15(7-5-2)19(23)20-12-14-9-10-17-16(11-14)21-18(22)13(3)24-17/h9-11,13,15H,4-8,12H2,1-3H3,(H,20,23)(H,21,22)/t13-,15?/m1/s1. The largest absolute Gasteiger partial charge is 0.479 e. The minimum absolute atomic E-state index is 0.0939. The SMILES string of the molecule is CCCCC(CCC)C(=O)NCc1ccc2c(c1)NC(=O)[C@@H](C)O2. The van der Waals surface area contributed by atoms with Gasteiger partial charge >= 0.3 is 0 Å². The van der Waals surface area contributed by atoms with Crippen molar-refractivity contribution >= 4 is 17.5 Å². The third-order valence-corrected chi connectivity index (χ3v) is 4.36. The van der Waals surface area contributed by atoms with Crippen LogP contribution in [0.15, 0.2) is 18.2 Å². The van der Waals surface area contributed by atoms with Gasteiger partial charge in [0.1, 0.15) is 5.75 Å². The van der Waals surface area contributed by atoms with Crippen molar-refractivity contribution < 1.29 is 14.3 Å². The molecular formula is C19H28N2O3. The van der Waals surface area contributed by atoms with E-state index in [1.165, 1.54) is 0 Å². The summed E-state index contributed by atoms with van der Waals surface area (Å²) in [7, 11) is 0. The smallest absolute Gasteiger partial charge is 0.265 e. The molecule has 132 valence electrons. The van der Waals surface area contributed by atoms with Gasteiger partial charge < -0.3 is 15.4 Å². The molecule has 1 aliphatic heterocycles. The molecule has 0 radical (unpaired) electrons. The van der Waals surface area contributed by atoms with Gasteiger partial charge in [-0.15, -0.1) is 0 Å². The topological polar surface area (TPSA) is 67.4 Å². The average molecular weight is 332 g/mol. The fraction of sp³-hybridized carbons (Fsp3) is 0.579. The number of unbranched alkanes of at least 4 members (excludes halogenated alkanes) is 1. The third kappa shape index (κ3) is 4.73. The summed E-state index contributed by atoms with van der Waals surface area (Å²) in [5.41, 5.74) is 1.62. The summed E-state index contributed by atoms with van der Waals surface area (Å²) in [4.78, 5) is 24.1. The highest BCUT2D eigenvalue weighted by atomic mass is 16.5. The first-order valence-electron chi connectivity index (χ1n) is 8.93. The third-order valence-electron chi connectivity index (χ3n) is 4.36. The predicted octanol–water partition coefficient (Wildman–Crippen LogP) is 3.63. The number of hydrogen-bond donors (Lipinski definition) is 2. The second kappa shape index (κ2) is 8.71. The van der Waals surface area contributed by atoms with Crippen LogP contribution in [0.25, 0.3) is 0 Å². The number of amides is 2. The Hall–Kier alpha value is -2.04. The lowest BCUT2D eigenvalue weighted by molar-refractivity contribution is -0.125. The van der Waals surface area contributed by atoms with E-state index in [2.05, 4.69) is 24.5 Å². The average Bonchev–Trinajstić information content (AvgIpc) is 2.57. The van der Waals surface area contributed by atoms with Crippen molar-refractivity contribution in [2.75, 3.05) is 5.32 Å². The van der Waals surface area contributed by atoms with Gasteiger partial charge in [0.15, 0.2) is 6.10 Å². The number of fused-ring (bicyclic) bond motifs is 1. The molecule has 0 aromatic heterocycles. The van der Waals surface area contributed by atoms with Gasteiger partial charge in [0.05, 0.1) is 5.69 Å². The number of ether oxygens (including phenoxy) is 1. The van der Waals surface area contributed by atoms with E-state index in [0.717, 1.165) is 37.7 Å². The monoisotopic (exact) mass is 332 g/mol. The zero-order valence-corrected chi connectivity index (χ0v) is 14.9. The van der Waals surface area contributed by atoms with Gasteiger partial charge in [-0.3, -0.25) is 9.59 Å². The minimum Gasteiger partial charge on any atom is -0.479 e. The highest BCUT2D eigenvalue weighted by Gasteiger charge is 2.23. The van der Waals surface area contributed by atoms with E-state index in [1.807, 2.05) is 18.2 Å². The number of hydrogen-bond acceptors (Lipinski definition) is 3. The Morgan fingerprint density at radius 1 is 1.29 bits per heavy atom. The lowest BCUT2D eigenvalue weighted by Crippen LogP contribution is -2.34. The second-order valence-electron chi connectivity index (χ2n) is 6.43. The molecule has 0 fully saturated rings. The summed E-state index contributed by atoms with van der Waals surface area (Å²) in [6, 6.07) is 5.62. The number of benzene rings is 1. The van der Waals surface area contributed by atoms with Gasteiger partial charge in [-0.1, -0.05) is 39.2 Å². The zero-order valence-electron chi connectivity index (χ0n) is 14.9. The molecule has 1 unspecified atom stereocenters. The number of nitrogens with one attached hydrogen (secondary N) is 2. The van der Waals surface area contributed by atoms with Gasteiger partial charge in [-0.2, -0.15) is 0 Å². The molecule has 1 aromatic rings. The number of rotatable bonds is 8. The van der Waals surface area contributed by atoms with Crippen molar-refractivity contribution in [3.63, 3.8) is 0 Å². The molecule has 2 rings (SSSR count). The van der Waals surface area contributed by atoms with Crippen molar-refractivity contribution in [2.45, 2.75) is 65.5 Å². The Morgan fingerprint density at radius 3 is 2.79 bits per heavy atom. The summed E-state index contributed by atoms with van der Waals surface area (Å²) in [6.07, 6.45) is 4.60. The van der Waals surface area contributed by atoms with Crippen LogP contribution < -0.4 is 15.4 Å². The molecule has 1 aromatic carbocycles. The molecule has 0 saturated carbocycles. The van der Waals surface area contributed by atoms with Crippen LogP contribution in [0.3, 0.4) is 0 Å². The van der Waals surface area contributed by atoms with Crippen molar-refractivity contribution in [2.24, 2.45) is 5.92 Å². The molecule has 2 N–H and O–H groups in total. The van der Waals surface area contributed by atoms with E-state index < -0.39 is 6.10 Å². The number of carbonyl (C=O) groups is 2. The molecule has 0 saturated heterocycles. The van der Waals surface area contributed by atoms with E-state index >= 15 is 0 Å². The Morgan fingerprint density at radius 2 is 2.08 bits per heavy atom. The molecule has 0 aliphatic carbocycles. The van der Waals surface area contributed by atoms with Crippen molar-refractivity contribution in [3.05, 3.63) is 23.8 Å². The summed E-state index contributed by atoms with van der Waals surface area (Å²) in [5.74, 6) is 0.739. The van der Waals surface area contributed by atoms with Crippen LogP contribution in [0.1, 0.15) is 58.4 Å². The first-order valence-corrected chi connectivity index (χ1v) is 8.93. The second-order valence-corrected chi connectivity index (χ2v) is 6.43. The molecule has 2 amide bonds. The zero-order chi connectivity index (χ0) is 17.5. The van der Waals surface area contributed by atoms with Crippen LogP contribution in [0, 0.1) is 5.92 Å². The lowest BCUT2D eigenvalue weighted by Gasteiger charge is -2.24. The van der Waals surface area contributed by atoms with Gasteiger partial charge in [0, 0.05) is 12.5 Å². The van der Waals surface area contributed by atoms with Gasteiger partial charge in [0.25, 0.3) is 5.91 Å². The molecular weight excluding hydrogens is 304 g/mol. The predicted molar refractivity (Wildman–Crippen MR) is 94.9 cm³/mol. The molecule has 24 heavy (non-hydrogen) atoms. The first kappa shape index (κ1) is 18.3. The molecule has 0 bridgehead atoms. The Kier molecular flexibility index (Phi) is 6.64. The van der Waals surface area contributed by atoms with Crippen LogP contribution in [0.5, 0.6) is 5.75 Å². The summed E-state index contributed by atoms with van der Waals surface area (Å²) >= 11 is 0. The van der Waals surface area contributed by atoms with E-state index in [-0.39, 0.29) is 17.7 Å². The fourth-order valence-electron chi connectivity index (χ4n) is 2.90. The highest BCUT2D eigenvalue weighted by molar-refractivity contribution is 5.97. The van der Waals surface area contributed by atoms with Gasteiger partial charge in [0.2, 0.25) is 5.91 Å². The maximum atomic E-state index is 12.4. The Balaban J connectivity index is 1.95. The van der Waals surface area contributed by atoms with Crippen LogP contribution in [0.2, 0.25) is 0 Å². The van der Waals surface area contributed by atoms with Crippen LogP contribution in [0.4, 0.5) is 5.69 Å². The Bertz CT molecular complexity index is 586. The molecule has 5 heteroatoms. The van der Waals surface area contributed by atoms with E-state index in [4.69, 9.17) is 4.74 Å². The first-order chi connectivity index (χ1) is 11.5. The van der Waals surface area contributed by atoms with Crippen molar-refractivity contribution in [3.8, 4) is 5.75 Å². The maximum Gasteiger partial charge on any atom is 0.265 e. The normalized spacial score (nSPS) is 17.5. The van der Waals surface area contributed by atoms with Gasteiger partial charge in [-0.05, 0) is 37.5 Å². The summed E-state index contributed by atoms with van der Waals surface area (Å²) in [6.45, 7) is 6.44. The lowest BCUT2D eigenvalue weighted by atomic mass is 9.96. The molecule has 1 aliphatic rings. The fourth-order valence-corrected chi connectivity index (χ4v) is 2.90. The van der Waals surface area contributed by atoms with Gasteiger partial charge in [-0.25, -0.2) is 0 Å². The van der Waals surface area contributed by atoms with E-state index in [0.29, 0.717) is 18.0 Å². The van der Waals surface area contributed by atoms with Crippen LogP contribution >= 0.6 is 0 Å². The Labute approximate surface area is 144 Å². The molecule has 0 spiro atoms. The van der Waals surface area contributed by atoms with E-state index in [1.54, 1.807) is 6.92 Å². The number of carbonyl (C=O) groups excluding carboxylic acids is 2. The quantitative estimate of drug-likeness (QED) is 0.764. The minimum atomic E-state index is -0.476. The maximum absolute atomic E-state index is 12.4. The highest BCUT2D eigenvalue weighted by Crippen LogP contribution is 2.30. The van der Waals surface area contributed by atoms with Crippen LogP contribution in [-0.4, -0.2) is 17.9 Å². The van der Waals surface area contributed by atoms with Crippen molar-refractivity contribution in [1.29, 1.82) is 0 Å². The van der Waals surface area contributed by atoms with Crippen LogP contribution in [-0.2, 0) is 16.1 Å². The summed E-state index contributed by atoms with van der Waals surface area (Å²) in [5, 5.41) is 5.86. The van der Waals surface area contributed by atoms with E-state index in [9.17, 15) is 9.59 Å². The molecule has 2 atom stereocenters. The number of anilines is 1. The van der Waals surface area contributed by atoms with Crippen molar-refractivity contribution in [1.82, 2.24) is 5.32 Å². The molecule has 1 heterocycles. The molecule has 5 nitrogen and oxygen atoms in total. The summed E-state index contributed by atoms with van der Waals surface area (Å²) < 4.78 is 5.54.